The fourth-order valence-corrected chi connectivity index (χ4v) is 2.61. The van der Waals surface area contributed by atoms with Gasteiger partial charge in [0.05, 0.1) is 12.1 Å². The van der Waals surface area contributed by atoms with Gasteiger partial charge in [-0.2, -0.15) is 0 Å². The summed E-state index contributed by atoms with van der Waals surface area (Å²) >= 11 is 0. The van der Waals surface area contributed by atoms with Gasteiger partial charge in [-0.3, -0.25) is 11.3 Å². The number of hydrogen-bond donors (Lipinski definition) is 2. The van der Waals surface area contributed by atoms with Gasteiger partial charge in [-0.25, -0.2) is 0 Å². The Balaban J connectivity index is 2.20. The highest BCUT2D eigenvalue weighted by Crippen LogP contribution is 2.23. The molecule has 0 saturated carbocycles. The number of hydrogen-bond acceptors (Lipinski definition) is 3. The van der Waals surface area contributed by atoms with Gasteiger partial charge in [0, 0.05) is 6.61 Å². The maximum atomic E-state index is 5.94. The minimum absolute atomic E-state index is 0.0362. The van der Waals surface area contributed by atoms with Crippen molar-refractivity contribution in [1.29, 1.82) is 0 Å². The van der Waals surface area contributed by atoms with Gasteiger partial charge in [0.15, 0.2) is 0 Å². The fraction of sp³-hybridized carbons (Fsp3) is 0.333. The zero-order valence-corrected chi connectivity index (χ0v) is 12.8. The fourth-order valence-electron chi connectivity index (χ4n) is 2.61. The number of nitrogens with one attached hydrogen (secondary N) is 1. The molecule has 0 aromatic heterocycles. The highest BCUT2D eigenvalue weighted by atomic mass is 16.5. The monoisotopic (exact) mass is 284 g/mol. The Kier molecular flexibility index (Phi) is 5.93. The third-order valence-corrected chi connectivity index (χ3v) is 3.59. The predicted molar refractivity (Wildman–Crippen MR) is 86.8 cm³/mol. The lowest BCUT2D eigenvalue weighted by Crippen LogP contribution is -2.42. The largest absolute Gasteiger partial charge is 0.372 e. The Hall–Kier alpha value is -1.68. The van der Waals surface area contributed by atoms with Gasteiger partial charge in [0.1, 0.15) is 0 Å². The zero-order chi connectivity index (χ0) is 15.1. The molecule has 0 aliphatic heterocycles. The van der Waals surface area contributed by atoms with Crippen molar-refractivity contribution in [2.24, 2.45) is 5.84 Å². The molecule has 0 radical (unpaired) electrons. The van der Waals surface area contributed by atoms with Crippen LogP contribution in [-0.4, -0.2) is 12.6 Å². The molecule has 21 heavy (non-hydrogen) atoms. The summed E-state index contributed by atoms with van der Waals surface area (Å²) < 4.78 is 5.94. The van der Waals surface area contributed by atoms with Crippen LogP contribution in [0.2, 0.25) is 0 Å². The minimum atomic E-state index is -0.0540. The molecule has 2 aromatic rings. The van der Waals surface area contributed by atoms with Gasteiger partial charge in [0.25, 0.3) is 0 Å². The number of benzene rings is 2. The van der Waals surface area contributed by atoms with E-state index in [1.54, 1.807) is 0 Å². The van der Waals surface area contributed by atoms with Crippen molar-refractivity contribution in [3.8, 4) is 0 Å². The Morgan fingerprint density at radius 1 is 1.10 bits per heavy atom. The van der Waals surface area contributed by atoms with Crippen LogP contribution in [0.1, 0.15) is 29.7 Å². The second-order valence-corrected chi connectivity index (χ2v) is 5.25. The first kappa shape index (κ1) is 15.7. The molecule has 0 heterocycles. The van der Waals surface area contributed by atoms with E-state index in [4.69, 9.17) is 10.6 Å². The average Bonchev–Trinajstić information content (AvgIpc) is 2.51. The van der Waals surface area contributed by atoms with E-state index in [1.165, 1.54) is 11.1 Å². The summed E-state index contributed by atoms with van der Waals surface area (Å²) in [7, 11) is 0. The first-order valence-electron chi connectivity index (χ1n) is 7.42. The highest BCUT2D eigenvalue weighted by Gasteiger charge is 2.22. The molecule has 0 bridgehead atoms. The van der Waals surface area contributed by atoms with E-state index in [0.29, 0.717) is 6.61 Å². The molecule has 112 valence electrons. The lowest BCUT2D eigenvalue weighted by atomic mass is 9.95. The summed E-state index contributed by atoms with van der Waals surface area (Å²) in [5.41, 5.74) is 6.60. The summed E-state index contributed by atoms with van der Waals surface area (Å²) in [6, 6.07) is 18.8. The Morgan fingerprint density at radius 3 is 2.48 bits per heavy atom. The summed E-state index contributed by atoms with van der Waals surface area (Å²) in [4.78, 5) is 0. The normalized spacial score (nSPS) is 13.9. The van der Waals surface area contributed by atoms with E-state index in [1.807, 2.05) is 25.1 Å². The zero-order valence-electron chi connectivity index (χ0n) is 12.8. The lowest BCUT2D eigenvalue weighted by molar-refractivity contribution is 0.0332. The summed E-state index contributed by atoms with van der Waals surface area (Å²) in [5.74, 6) is 5.80. The molecule has 0 aliphatic carbocycles. The molecule has 3 N–H and O–H groups in total. The van der Waals surface area contributed by atoms with Crippen LogP contribution in [0.5, 0.6) is 0 Å². The standard InChI is InChI=1S/C18H24N2O/c1-3-21-18(16-10-5-4-6-11-16)17(20-19)13-15-9-7-8-14(2)12-15/h4-12,17-18,20H,3,13,19H2,1-2H3. The quantitative estimate of drug-likeness (QED) is 0.606. The van der Waals surface area contributed by atoms with Crippen molar-refractivity contribution in [3.63, 3.8) is 0 Å². The Morgan fingerprint density at radius 2 is 1.86 bits per heavy atom. The lowest BCUT2D eigenvalue weighted by Gasteiger charge is -2.27. The molecule has 2 atom stereocenters. The minimum Gasteiger partial charge on any atom is -0.372 e. The first-order valence-corrected chi connectivity index (χ1v) is 7.42. The molecule has 0 saturated heterocycles. The van der Waals surface area contributed by atoms with Gasteiger partial charge >= 0.3 is 0 Å². The molecule has 0 amide bonds. The van der Waals surface area contributed by atoms with E-state index in [0.717, 1.165) is 12.0 Å². The van der Waals surface area contributed by atoms with Gasteiger partial charge in [-0.15, -0.1) is 0 Å². The highest BCUT2D eigenvalue weighted by molar-refractivity contribution is 5.25. The molecule has 0 fully saturated rings. The molecule has 2 unspecified atom stereocenters. The van der Waals surface area contributed by atoms with Crippen LogP contribution < -0.4 is 11.3 Å². The third-order valence-electron chi connectivity index (χ3n) is 3.59. The maximum absolute atomic E-state index is 5.94. The van der Waals surface area contributed by atoms with Crippen LogP contribution in [0.4, 0.5) is 0 Å². The number of nitrogens with two attached hydrogens (primary N) is 1. The van der Waals surface area contributed by atoms with E-state index in [9.17, 15) is 0 Å². The summed E-state index contributed by atoms with van der Waals surface area (Å²) in [5, 5.41) is 0. The second-order valence-electron chi connectivity index (χ2n) is 5.25. The van der Waals surface area contributed by atoms with Crippen LogP contribution in [0, 0.1) is 6.92 Å². The molecule has 2 aromatic carbocycles. The first-order chi connectivity index (χ1) is 10.2. The Labute approximate surface area is 127 Å². The van der Waals surface area contributed by atoms with Crippen LogP contribution in [-0.2, 0) is 11.2 Å². The maximum Gasteiger partial charge on any atom is 0.0994 e. The summed E-state index contributed by atoms with van der Waals surface area (Å²) in [6.07, 6.45) is 0.777. The van der Waals surface area contributed by atoms with Crippen molar-refractivity contribution < 1.29 is 4.74 Å². The molecular formula is C18H24N2O. The van der Waals surface area contributed by atoms with Crippen molar-refractivity contribution in [2.45, 2.75) is 32.4 Å². The second kappa shape index (κ2) is 7.93. The predicted octanol–water partition coefficient (Wildman–Crippen LogP) is 3.15. The molecule has 3 heteroatoms. The van der Waals surface area contributed by atoms with Crippen LogP contribution in [0.25, 0.3) is 0 Å². The number of rotatable bonds is 7. The number of aryl methyl sites for hydroxylation is 1. The van der Waals surface area contributed by atoms with Crippen LogP contribution in [0.15, 0.2) is 54.6 Å². The Bertz CT molecular complexity index is 542. The summed E-state index contributed by atoms with van der Waals surface area (Å²) in [6.45, 7) is 4.77. The SMILES string of the molecule is CCOC(c1ccccc1)C(Cc1cccc(C)c1)NN. The smallest absolute Gasteiger partial charge is 0.0994 e. The van der Waals surface area contributed by atoms with E-state index in [-0.39, 0.29) is 12.1 Å². The van der Waals surface area contributed by atoms with Crippen molar-refractivity contribution >= 4 is 0 Å². The van der Waals surface area contributed by atoms with Crippen molar-refractivity contribution in [1.82, 2.24) is 5.43 Å². The van der Waals surface area contributed by atoms with E-state index in [2.05, 4.69) is 48.7 Å². The molecule has 2 rings (SSSR count). The third kappa shape index (κ3) is 4.39. The van der Waals surface area contributed by atoms with Crippen molar-refractivity contribution in [3.05, 3.63) is 71.3 Å². The molecule has 3 nitrogen and oxygen atoms in total. The van der Waals surface area contributed by atoms with Crippen molar-refractivity contribution in [2.75, 3.05) is 6.61 Å². The number of ether oxygens (including phenoxy) is 1. The van der Waals surface area contributed by atoms with Gasteiger partial charge in [-0.05, 0) is 31.4 Å². The van der Waals surface area contributed by atoms with Crippen LogP contribution >= 0.6 is 0 Å². The van der Waals surface area contributed by atoms with Crippen LogP contribution in [0.3, 0.4) is 0 Å². The van der Waals surface area contributed by atoms with Gasteiger partial charge in [0.2, 0.25) is 0 Å². The van der Waals surface area contributed by atoms with Gasteiger partial charge < -0.3 is 4.74 Å². The molecule has 0 aliphatic rings. The topological polar surface area (TPSA) is 47.3 Å². The molecular weight excluding hydrogens is 260 g/mol. The molecule has 0 spiro atoms. The average molecular weight is 284 g/mol. The van der Waals surface area contributed by atoms with E-state index < -0.39 is 0 Å². The van der Waals surface area contributed by atoms with Gasteiger partial charge in [-0.1, -0.05) is 60.2 Å². The van der Waals surface area contributed by atoms with E-state index >= 15 is 0 Å². The number of hydrazine groups is 1.